The Balaban J connectivity index is 2.37. The number of ether oxygens (including phenoxy) is 1. The highest BCUT2D eigenvalue weighted by Gasteiger charge is 2.46. The molecule has 0 aromatic heterocycles. The number of hydrogen-bond acceptors (Lipinski definition) is 3. The molecule has 120 valence electrons. The van der Waals surface area contributed by atoms with E-state index in [9.17, 15) is 19.1 Å². The van der Waals surface area contributed by atoms with Crippen LogP contribution in [0.25, 0.3) is 0 Å². The largest absolute Gasteiger partial charge is 0.494 e. The minimum absolute atomic E-state index is 0.0349. The summed E-state index contributed by atoms with van der Waals surface area (Å²) < 4.78 is 19.1. The van der Waals surface area contributed by atoms with Gasteiger partial charge in [0, 0.05) is 7.05 Å². The number of amides is 1. The van der Waals surface area contributed by atoms with E-state index < -0.39 is 23.2 Å². The molecule has 1 aliphatic carbocycles. The van der Waals surface area contributed by atoms with Gasteiger partial charge in [0.15, 0.2) is 11.6 Å². The second-order valence-corrected chi connectivity index (χ2v) is 5.58. The Morgan fingerprint density at radius 3 is 2.45 bits per heavy atom. The third-order valence-corrected chi connectivity index (χ3v) is 4.44. The predicted octanol–water partition coefficient (Wildman–Crippen LogP) is 2.69. The summed E-state index contributed by atoms with van der Waals surface area (Å²) in [5.41, 5.74) is -1.43. The molecule has 0 saturated heterocycles. The van der Waals surface area contributed by atoms with Gasteiger partial charge in [0.2, 0.25) is 0 Å². The Kier molecular flexibility index (Phi) is 4.68. The Morgan fingerprint density at radius 1 is 1.27 bits per heavy atom. The number of benzene rings is 1. The molecule has 1 saturated carbocycles. The number of halogens is 1. The maximum atomic E-state index is 14.3. The van der Waals surface area contributed by atoms with Crippen LogP contribution >= 0.6 is 0 Å². The summed E-state index contributed by atoms with van der Waals surface area (Å²) in [4.78, 5) is 25.5. The molecule has 0 spiro atoms. The number of likely N-dealkylation sites (N-methyl/N-ethyl adjacent to an activating group) is 1. The fourth-order valence-electron chi connectivity index (χ4n) is 3.04. The first-order valence-corrected chi connectivity index (χ1v) is 7.28. The number of carbonyl (C=O) groups excluding carboxylic acids is 1. The average Bonchev–Trinajstić information content (AvgIpc) is 2.54. The fraction of sp³-hybridized carbons (Fsp3) is 0.500. The summed E-state index contributed by atoms with van der Waals surface area (Å²) in [6.07, 6.45) is 3.20. The van der Waals surface area contributed by atoms with E-state index in [4.69, 9.17) is 4.74 Å². The van der Waals surface area contributed by atoms with Crippen molar-refractivity contribution in [1.82, 2.24) is 4.90 Å². The minimum atomic E-state index is -1.26. The van der Waals surface area contributed by atoms with Crippen LogP contribution in [-0.4, -0.2) is 41.6 Å². The third kappa shape index (κ3) is 2.65. The number of carbonyl (C=O) groups is 2. The maximum absolute atomic E-state index is 14.3. The average molecular weight is 309 g/mol. The lowest BCUT2D eigenvalue weighted by molar-refractivity contribution is -0.151. The molecule has 0 aliphatic heterocycles. The standard InChI is InChI=1S/C16H20FNO4/c1-18(16(15(20)21)9-4-3-5-10-16)14(19)11-7-6-8-12(22-2)13(11)17/h6-8H,3-5,9-10H2,1-2H3,(H,20,21). The second-order valence-electron chi connectivity index (χ2n) is 5.58. The molecular weight excluding hydrogens is 289 g/mol. The van der Waals surface area contributed by atoms with Crippen molar-refractivity contribution in [3.05, 3.63) is 29.6 Å². The van der Waals surface area contributed by atoms with Crippen LogP contribution in [0.5, 0.6) is 5.75 Å². The van der Waals surface area contributed by atoms with Crippen LogP contribution in [0.3, 0.4) is 0 Å². The highest BCUT2D eigenvalue weighted by Crippen LogP contribution is 2.35. The van der Waals surface area contributed by atoms with Crippen molar-refractivity contribution in [3.63, 3.8) is 0 Å². The SMILES string of the molecule is COc1cccc(C(=O)N(C)C2(C(=O)O)CCCCC2)c1F. The van der Waals surface area contributed by atoms with Gasteiger partial charge in [-0.15, -0.1) is 0 Å². The molecule has 1 amide bonds. The van der Waals surface area contributed by atoms with E-state index in [1.54, 1.807) is 0 Å². The molecule has 6 heteroatoms. The Labute approximate surface area is 128 Å². The zero-order valence-corrected chi connectivity index (χ0v) is 12.8. The van der Waals surface area contributed by atoms with Crippen LogP contribution in [0.15, 0.2) is 18.2 Å². The van der Waals surface area contributed by atoms with Crippen LogP contribution < -0.4 is 4.74 Å². The summed E-state index contributed by atoms with van der Waals surface area (Å²) in [5.74, 6) is -2.47. The van der Waals surface area contributed by atoms with E-state index in [-0.39, 0.29) is 11.3 Å². The summed E-state index contributed by atoms with van der Waals surface area (Å²) in [6, 6.07) is 4.27. The molecule has 0 heterocycles. The third-order valence-electron chi connectivity index (χ3n) is 4.44. The molecule has 1 aliphatic rings. The van der Waals surface area contributed by atoms with E-state index in [0.717, 1.165) is 19.3 Å². The van der Waals surface area contributed by atoms with Gasteiger partial charge in [-0.3, -0.25) is 4.79 Å². The van der Waals surface area contributed by atoms with Crippen molar-refractivity contribution in [2.24, 2.45) is 0 Å². The van der Waals surface area contributed by atoms with Crippen molar-refractivity contribution in [1.29, 1.82) is 0 Å². The van der Waals surface area contributed by atoms with Crippen LogP contribution in [0.1, 0.15) is 42.5 Å². The van der Waals surface area contributed by atoms with Gasteiger partial charge in [0.1, 0.15) is 5.54 Å². The zero-order valence-electron chi connectivity index (χ0n) is 12.8. The molecule has 1 aromatic carbocycles. The molecule has 1 aromatic rings. The predicted molar refractivity (Wildman–Crippen MR) is 78.5 cm³/mol. The number of carboxylic acids is 1. The smallest absolute Gasteiger partial charge is 0.329 e. The van der Waals surface area contributed by atoms with E-state index in [2.05, 4.69) is 0 Å². The summed E-state index contributed by atoms with van der Waals surface area (Å²) >= 11 is 0. The quantitative estimate of drug-likeness (QED) is 0.928. The number of aliphatic carboxylic acids is 1. The molecule has 1 fully saturated rings. The van der Waals surface area contributed by atoms with Crippen LogP contribution in [0.2, 0.25) is 0 Å². The van der Waals surface area contributed by atoms with E-state index >= 15 is 0 Å². The normalized spacial score (nSPS) is 16.9. The number of nitrogens with zero attached hydrogens (tertiary/aromatic N) is 1. The fourth-order valence-corrected chi connectivity index (χ4v) is 3.04. The molecule has 22 heavy (non-hydrogen) atoms. The van der Waals surface area contributed by atoms with Crippen LogP contribution in [0, 0.1) is 5.82 Å². The monoisotopic (exact) mass is 309 g/mol. The van der Waals surface area contributed by atoms with Gasteiger partial charge >= 0.3 is 5.97 Å². The Bertz CT molecular complexity index is 582. The number of rotatable bonds is 4. The summed E-state index contributed by atoms with van der Waals surface area (Å²) in [5, 5.41) is 9.61. The summed E-state index contributed by atoms with van der Waals surface area (Å²) in [6.45, 7) is 0. The van der Waals surface area contributed by atoms with Crippen LogP contribution in [-0.2, 0) is 4.79 Å². The first-order valence-electron chi connectivity index (χ1n) is 7.28. The Morgan fingerprint density at radius 2 is 1.91 bits per heavy atom. The van der Waals surface area contributed by atoms with Crippen molar-refractivity contribution in [2.75, 3.05) is 14.2 Å². The minimum Gasteiger partial charge on any atom is -0.494 e. The molecule has 2 rings (SSSR count). The first-order chi connectivity index (χ1) is 10.4. The van der Waals surface area contributed by atoms with Gasteiger partial charge < -0.3 is 14.7 Å². The Hall–Kier alpha value is -2.11. The molecule has 0 radical (unpaired) electrons. The van der Waals surface area contributed by atoms with Gasteiger partial charge in [-0.05, 0) is 25.0 Å². The molecular formula is C16H20FNO4. The molecule has 0 unspecified atom stereocenters. The summed E-state index contributed by atoms with van der Waals surface area (Å²) in [7, 11) is 2.75. The van der Waals surface area contributed by atoms with Crippen molar-refractivity contribution < 1.29 is 23.8 Å². The van der Waals surface area contributed by atoms with E-state index in [1.165, 1.54) is 37.3 Å². The molecule has 0 atom stereocenters. The number of methoxy groups -OCH3 is 1. The highest BCUT2D eigenvalue weighted by molar-refractivity contribution is 5.98. The molecule has 1 N–H and O–H groups in total. The zero-order chi connectivity index (χ0) is 16.3. The second kappa shape index (κ2) is 6.34. The lowest BCUT2D eigenvalue weighted by Crippen LogP contribution is -2.56. The first kappa shape index (κ1) is 16.3. The van der Waals surface area contributed by atoms with Crippen molar-refractivity contribution in [3.8, 4) is 5.75 Å². The van der Waals surface area contributed by atoms with Gasteiger partial charge in [0.25, 0.3) is 5.91 Å². The maximum Gasteiger partial charge on any atom is 0.329 e. The van der Waals surface area contributed by atoms with Gasteiger partial charge in [0.05, 0.1) is 12.7 Å². The lowest BCUT2D eigenvalue weighted by atomic mass is 9.80. The van der Waals surface area contributed by atoms with E-state index in [0.29, 0.717) is 12.8 Å². The van der Waals surface area contributed by atoms with Crippen molar-refractivity contribution in [2.45, 2.75) is 37.6 Å². The van der Waals surface area contributed by atoms with Gasteiger partial charge in [-0.25, -0.2) is 9.18 Å². The molecule has 5 nitrogen and oxygen atoms in total. The van der Waals surface area contributed by atoms with Crippen LogP contribution in [0.4, 0.5) is 4.39 Å². The molecule has 0 bridgehead atoms. The lowest BCUT2D eigenvalue weighted by Gasteiger charge is -2.41. The highest BCUT2D eigenvalue weighted by atomic mass is 19.1. The van der Waals surface area contributed by atoms with Gasteiger partial charge in [-0.1, -0.05) is 25.3 Å². The number of hydrogen-bond donors (Lipinski definition) is 1. The van der Waals surface area contributed by atoms with Gasteiger partial charge in [-0.2, -0.15) is 0 Å². The number of carboxylic acid groups (broad SMARTS) is 1. The van der Waals surface area contributed by atoms with E-state index in [1.807, 2.05) is 0 Å². The van der Waals surface area contributed by atoms with Crippen molar-refractivity contribution >= 4 is 11.9 Å². The topological polar surface area (TPSA) is 66.8 Å².